The lowest BCUT2D eigenvalue weighted by Crippen LogP contribution is -2.32. The van der Waals surface area contributed by atoms with E-state index in [-0.39, 0.29) is 0 Å². The second kappa shape index (κ2) is 11.0. The number of imidazole rings is 1. The van der Waals surface area contributed by atoms with Crippen LogP contribution in [0.3, 0.4) is 0 Å². The first-order valence-electron chi connectivity index (χ1n) is 10.9. The first kappa shape index (κ1) is 25.0. The van der Waals surface area contributed by atoms with Gasteiger partial charge < -0.3 is 14.8 Å². The van der Waals surface area contributed by atoms with Crippen LogP contribution in [-0.4, -0.2) is 47.5 Å². The third-order valence-corrected chi connectivity index (χ3v) is 7.01. The molecule has 0 saturated heterocycles. The number of nitrogens with zero attached hydrogens (tertiary/aromatic N) is 4. The van der Waals surface area contributed by atoms with Crippen molar-refractivity contribution in [3.8, 4) is 6.07 Å². The van der Waals surface area contributed by atoms with Crippen molar-refractivity contribution in [2.24, 2.45) is 7.05 Å². The number of fused-ring (bicyclic) bond motifs is 1. The molecule has 1 N–H and O–H groups in total. The summed E-state index contributed by atoms with van der Waals surface area (Å²) in [5.41, 5.74) is 5.29. The number of carbonyl (C=O) groups is 1. The van der Waals surface area contributed by atoms with Crippen molar-refractivity contribution >= 4 is 40.6 Å². The Labute approximate surface area is 205 Å². The molecule has 3 aromatic rings. The monoisotopic (exact) mass is 485 g/mol. The van der Waals surface area contributed by atoms with E-state index >= 15 is 0 Å². The minimum absolute atomic E-state index is 0.324. The summed E-state index contributed by atoms with van der Waals surface area (Å²) < 4.78 is 2.00. The van der Waals surface area contributed by atoms with Crippen molar-refractivity contribution in [1.82, 2.24) is 19.8 Å². The number of nitrogens with one attached hydrogen (secondary N) is 1. The molecule has 1 heterocycles. The molecule has 2 aromatic carbocycles. The Bertz CT molecular complexity index is 1200. The van der Waals surface area contributed by atoms with Gasteiger partial charge in [0.2, 0.25) is 6.41 Å². The molecule has 0 aliphatic carbocycles. The third kappa shape index (κ3) is 5.67. The molecule has 0 saturated carbocycles. The molecule has 1 atom stereocenters. The van der Waals surface area contributed by atoms with Crippen molar-refractivity contribution in [1.29, 1.82) is 5.26 Å². The van der Waals surface area contributed by atoms with Crippen LogP contribution in [0.2, 0.25) is 10.0 Å². The van der Waals surface area contributed by atoms with Gasteiger partial charge in [-0.15, -0.1) is 0 Å². The van der Waals surface area contributed by atoms with Gasteiger partial charge >= 0.3 is 0 Å². The Hall–Kier alpha value is -2.59. The number of hydrogen-bond donors (Lipinski definition) is 1. The zero-order valence-electron chi connectivity index (χ0n) is 19.5. The van der Waals surface area contributed by atoms with Crippen LogP contribution in [0.15, 0.2) is 24.3 Å². The summed E-state index contributed by atoms with van der Waals surface area (Å²) in [4.78, 5) is 17.6. The third-order valence-electron chi connectivity index (χ3n) is 6.18. The fourth-order valence-electron chi connectivity index (χ4n) is 4.18. The molecule has 33 heavy (non-hydrogen) atoms. The molecule has 1 unspecified atom stereocenters. The molecule has 1 aromatic heterocycles. The van der Waals surface area contributed by atoms with Gasteiger partial charge in [0.15, 0.2) is 0 Å². The molecule has 0 aliphatic heterocycles. The number of carbonyl (C=O) groups excluding carboxylic acids is 1. The van der Waals surface area contributed by atoms with Crippen LogP contribution in [0.4, 0.5) is 0 Å². The number of hydrogen-bond acceptors (Lipinski definition) is 4. The summed E-state index contributed by atoms with van der Waals surface area (Å²) in [6.07, 6.45) is 3.82. The first-order chi connectivity index (χ1) is 15.8. The number of rotatable bonds is 10. The molecule has 0 bridgehead atoms. The van der Waals surface area contributed by atoms with Gasteiger partial charge in [0, 0.05) is 36.1 Å². The predicted molar refractivity (Wildman–Crippen MR) is 134 cm³/mol. The van der Waals surface area contributed by atoms with Gasteiger partial charge in [0.1, 0.15) is 5.82 Å². The van der Waals surface area contributed by atoms with E-state index in [9.17, 15) is 10.1 Å². The van der Waals surface area contributed by atoms with Crippen molar-refractivity contribution in [2.45, 2.75) is 38.6 Å². The fourth-order valence-corrected chi connectivity index (χ4v) is 4.78. The summed E-state index contributed by atoms with van der Waals surface area (Å²) in [6, 6.07) is 10.1. The van der Waals surface area contributed by atoms with E-state index in [1.807, 2.05) is 56.9 Å². The van der Waals surface area contributed by atoms with Crippen molar-refractivity contribution in [3.05, 3.63) is 62.4 Å². The summed E-state index contributed by atoms with van der Waals surface area (Å²) in [6.45, 7) is 2.61. The standard InChI is InChI=1S/C25H29Cl2N5O/c1-16-11-17(14-28)12-22-25(16)30-23(32(22)4)13-20-21(26)8-6-18(24(20)27)5-7-19(31(2)3)9-10-29-15-33/h6,8,11-12,15,19H,5,7,9-10,13H2,1-4H3,(H,29,33). The lowest BCUT2D eigenvalue weighted by atomic mass is 9.99. The molecule has 3 rings (SSSR count). The molecular formula is C25H29Cl2N5O. The predicted octanol–water partition coefficient (Wildman–Crippen LogP) is 4.65. The van der Waals surface area contributed by atoms with Crippen LogP contribution in [-0.2, 0) is 24.7 Å². The number of aryl methyl sites for hydroxylation is 3. The van der Waals surface area contributed by atoms with E-state index < -0.39 is 0 Å². The zero-order valence-corrected chi connectivity index (χ0v) is 21.0. The van der Waals surface area contributed by atoms with E-state index in [1.165, 1.54) is 0 Å². The number of nitriles is 1. The van der Waals surface area contributed by atoms with Gasteiger partial charge in [-0.05, 0) is 75.2 Å². The summed E-state index contributed by atoms with van der Waals surface area (Å²) in [5.74, 6) is 0.843. The van der Waals surface area contributed by atoms with E-state index in [4.69, 9.17) is 28.2 Å². The van der Waals surface area contributed by atoms with Crippen LogP contribution in [0.1, 0.15) is 40.9 Å². The zero-order chi connectivity index (χ0) is 24.1. The maximum Gasteiger partial charge on any atom is 0.207 e. The lowest BCUT2D eigenvalue weighted by molar-refractivity contribution is -0.109. The minimum Gasteiger partial charge on any atom is -0.359 e. The SMILES string of the molecule is Cc1cc(C#N)cc2c1nc(Cc1c(Cl)ccc(CCC(CCNC=O)N(C)C)c1Cl)n2C. The summed E-state index contributed by atoms with van der Waals surface area (Å²) >= 11 is 13.4. The maximum absolute atomic E-state index is 10.6. The summed E-state index contributed by atoms with van der Waals surface area (Å²) in [7, 11) is 6.05. The van der Waals surface area contributed by atoms with Crippen LogP contribution in [0.25, 0.3) is 11.0 Å². The Morgan fingerprint density at radius 3 is 2.70 bits per heavy atom. The topological polar surface area (TPSA) is 73.9 Å². The van der Waals surface area contributed by atoms with E-state index in [0.29, 0.717) is 34.6 Å². The molecule has 0 aliphatic rings. The average Bonchev–Trinajstić information content (AvgIpc) is 3.10. The van der Waals surface area contributed by atoms with E-state index in [0.717, 1.165) is 59.2 Å². The quantitative estimate of drug-likeness (QED) is 0.335. The van der Waals surface area contributed by atoms with Crippen LogP contribution in [0.5, 0.6) is 0 Å². The highest BCUT2D eigenvalue weighted by Crippen LogP contribution is 2.32. The Balaban J connectivity index is 1.86. The normalized spacial score (nSPS) is 12.2. The highest BCUT2D eigenvalue weighted by Gasteiger charge is 2.18. The van der Waals surface area contributed by atoms with E-state index in [1.54, 1.807) is 0 Å². The largest absolute Gasteiger partial charge is 0.359 e. The van der Waals surface area contributed by atoms with Gasteiger partial charge in [-0.2, -0.15) is 5.26 Å². The molecule has 0 spiro atoms. The molecule has 174 valence electrons. The molecule has 6 nitrogen and oxygen atoms in total. The maximum atomic E-state index is 10.6. The van der Waals surface area contributed by atoms with E-state index in [2.05, 4.69) is 16.3 Å². The van der Waals surface area contributed by atoms with Gasteiger partial charge in [0.05, 0.1) is 22.7 Å². The number of amides is 1. The van der Waals surface area contributed by atoms with Crippen molar-refractivity contribution in [2.75, 3.05) is 20.6 Å². The fraction of sp³-hybridized carbons (Fsp3) is 0.400. The van der Waals surface area contributed by atoms with Gasteiger partial charge in [0.25, 0.3) is 0 Å². The first-order valence-corrected chi connectivity index (χ1v) is 11.7. The smallest absolute Gasteiger partial charge is 0.207 e. The van der Waals surface area contributed by atoms with Gasteiger partial charge in [-0.25, -0.2) is 4.98 Å². The Morgan fingerprint density at radius 2 is 2.03 bits per heavy atom. The molecule has 1 amide bonds. The highest BCUT2D eigenvalue weighted by atomic mass is 35.5. The summed E-state index contributed by atoms with van der Waals surface area (Å²) in [5, 5.41) is 13.3. The Morgan fingerprint density at radius 1 is 1.27 bits per heavy atom. The molecular weight excluding hydrogens is 457 g/mol. The second-order valence-electron chi connectivity index (χ2n) is 8.55. The van der Waals surface area contributed by atoms with Crippen LogP contribution in [0, 0.1) is 18.3 Å². The number of aromatic nitrogens is 2. The Kier molecular flexibility index (Phi) is 8.36. The number of benzene rings is 2. The van der Waals surface area contributed by atoms with Crippen molar-refractivity contribution < 1.29 is 4.79 Å². The lowest BCUT2D eigenvalue weighted by Gasteiger charge is -2.24. The molecule has 0 fully saturated rings. The van der Waals surface area contributed by atoms with Crippen LogP contribution < -0.4 is 5.32 Å². The minimum atomic E-state index is 0.324. The molecule has 0 radical (unpaired) electrons. The van der Waals surface area contributed by atoms with Gasteiger partial charge in [-0.1, -0.05) is 29.3 Å². The molecule has 8 heteroatoms. The van der Waals surface area contributed by atoms with Gasteiger partial charge in [-0.3, -0.25) is 4.79 Å². The average molecular weight is 486 g/mol. The second-order valence-corrected chi connectivity index (χ2v) is 9.34. The highest BCUT2D eigenvalue weighted by molar-refractivity contribution is 6.36. The van der Waals surface area contributed by atoms with Crippen LogP contribution >= 0.6 is 23.2 Å². The number of halogens is 2. The van der Waals surface area contributed by atoms with Crippen molar-refractivity contribution in [3.63, 3.8) is 0 Å².